The number of amides is 3. The van der Waals surface area contributed by atoms with Gasteiger partial charge in [-0.15, -0.1) is 0 Å². The highest BCUT2D eigenvalue weighted by Gasteiger charge is 2.40. The van der Waals surface area contributed by atoms with E-state index in [4.69, 9.17) is 15.9 Å². The Labute approximate surface area is 177 Å². The predicted molar refractivity (Wildman–Crippen MR) is 110 cm³/mol. The highest BCUT2D eigenvalue weighted by molar-refractivity contribution is 5.94. The van der Waals surface area contributed by atoms with Gasteiger partial charge in [0, 0.05) is 6.54 Å². The van der Waals surface area contributed by atoms with E-state index in [1.807, 2.05) is 27.7 Å². The number of rotatable bonds is 11. The molecule has 5 unspecified atom stereocenters. The fourth-order valence-corrected chi connectivity index (χ4v) is 3.49. The minimum Gasteiger partial charge on any atom is -0.480 e. The molecule has 3 amide bonds. The summed E-state index contributed by atoms with van der Waals surface area (Å²) in [4.78, 5) is 50.8. The first kappa shape index (κ1) is 25.8. The second kappa shape index (κ2) is 11.8. The Hall–Kier alpha value is -2.20. The zero-order valence-electron chi connectivity index (χ0n) is 18.3. The maximum absolute atomic E-state index is 13.3. The monoisotopic (exact) mass is 428 g/mol. The Kier molecular flexibility index (Phi) is 10.2. The molecular weight excluding hydrogens is 392 g/mol. The molecule has 1 saturated heterocycles. The molecule has 0 aromatic rings. The third kappa shape index (κ3) is 6.94. The number of nitrogens with zero attached hydrogens (tertiary/aromatic N) is 1. The Morgan fingerprint density at radius 3 is 2.30 bits per heavy atom. The van der Waals surface area contributed by atoms with E-state index in [0.717, 1.165) is 0 Å². The van der Waals surface area contributed by atoms with Gasteiger partial charge in [0.25, 0.3) is 0 Å². The van der Waals surface area contributed by atoms with E-state index >= 15 is 0 Å². The van der Waals surface area contributed by atoms with Crippen LogP contribution in [0, 0.1) is 11.8 Å². The van der Waals surface area contributed by atoms with Crippen molar-refractivity contribution in [2.24, 2.45) is 17.6 Å². The highest BCUT2D eigenvalue weighted by Crippen LogP contribution is 2.22. The molecule has 0 spiro atoms. The summed E-state index contributed by atoms with van der Waals surface area (Å²) in [5.74, 6) is -2.74. The first-order valence-corrected chi connectivity index (χ1v) is 10.5. The summed E-state index contributed by atoms with van der Waals surface area (Å²) in [5.41, 5.74) is 5.96. The lowest BCUT2D eigenvalue weighted by Crippen LogP contribution is -2.58. The second-order valence-electron chi connectivity index (χ2n) is 8.38. The number of hydrogen-bond donors (Lipinski definition) is 5. The molecule has 1 aliphatic rings. The Morgan fingerprint density at radius 2 is 1.80 bits per heavy atom. The van der Waals surface area contributed by atoms with Gasteiger partial charge in [0.2, 0.25) is 17.7 Å². The van der Waals surface area contributed by atoms with E-state index in [1.165, 1.54) is 4.90 Å². The Balaban J connectivity index is 2.95. The van der Waals surface area contributed by atoms with E-state index in [9.17, 15) is 19.2 Å². The quantitative estimate of drug-likeness (QED) is 0.295. The summed E-state index contributed by atoms with van der Waals surface area (Å²) in [6.45, 7) is 7.23. The number of aliphatic hydroxyl groups is 1. The number of aliphatic hydroxyl groups excluding tert-OH is 1. The number of aliphatic carboxylic acids is 1. The van der Waals surface area contributed by atoms with Gasteiger partial charge >= 0.3 is 5.97 Å². The minimum atomic E-state index is -1.44. The van der Waals surface area contributed by atoms with Gasteiger partial charge in [0.1, 0.15) is 18.1 Å². The molecule has 30 heavy (non-hydrogen) atoms. The highest BCUT2D eigenvalue weighted by atomic mass is 16.4. The number of hydrogen-bond acceptors (Lipinski definition) is 6. The molecule has 0 bridgehead atoms. The van der Waals surface area contributed by atoms with Crippen LogP contribution in [0.3, 0.4) is 0 Å². The lowest BCUT2D eigenvalue weighted by Gasteiger charge is -2.32. The fraction of sp³-hybridized carbons (Fsp3) is 0.800. The van der Waals surface area contributed by atoms with Crippen LogP contribution in [0.25, 0.3) is 0 Å². The molecule has 0 radical (unpaired) electrons. The maximum Gasteiger partial charge on any atom is 0.328 e. The van der Waals surface area contributed by atoms with E-state index in [-0.39, 0.29) is 17.7 Å². The van der Waals surface area contributed by atoms with Crippen molar-refractivity contribution in [2.75, 3.05) is 13.2 Å². The molecule has 1 aliphatic heterocycles. The summed E-state index contributed by atoms with van der Waals surface area (Å²) < 4.78 is 0. The number of carboxylic acids is 1. The zero-order chi connectivity index (χ0) is 23.0. The van der Waals surface area contributed by atoms with Crippen LogP contribution < -0.4 is 16.4 Å². The van der Waals surface area contributed by atoms with Crippen LogP contribution in [-0.4, -0.2) is 76.1 Å². The van der Waals surface area contributed by atoms with Crippen LogP contribution in [0.15, 0.2) is 0 Å². The third-order valence-corrected chi connectivity index (χ3v) is 5.47. The standard InChI is InChI=1S/C20H36N4O6/c1-5-12(4)16(23-17(26)13(21)9-11(2)3)19(28)24-8-6-7-15(24)18(27)22-14(10-25)20(29)30/h11-16,25H,5-10,21H2,1-4H3,(H,22,27)(H,23,26)(H,29,30). The van der Waals surface area contributed by atoms with Gasteiger partial charge < -0.3 is 31.5 Å². The van der Waals surface area contributed by atoms with Crippen LogP contribution in [0.4, 0.5) is 0 Å². The van der Waals surface area contributed by atoms with E-state index < -0.39 is 48.6 Å². The predicted octanol–water partition coefficient (Wildman–Crippen LogP) is -0.557. The smallest absolute Gasteiger partial charge is 0.328 e. The number of carbonyl (C=O) groups excluding carboxylic acids is 3. The van der Waals surface area contributed by atoms with Gasteiger partial charge in [-0.25, -0.2) is 4.79 Å². The van der Waals surface area contributed by atoms with Crippen LogP contribution in [-0.2, 0) is 19.2 Å². The molecule has 172 valence electrons. The number of carbonyl (C=O) groups is 4. The second-order valence-corrected chi connectivity index (χ2v) is 8.38. The van der Waals surface area contributed by atoms with Crippen molar-refractivity contribution in [3.8, 4) is 0 Å². The van der Waals surface area contributed by atoms with Crippen molar-refractivity contribution in [1.29, 1.82) is 0 Å². The third-order valence-electron chi connectivity index (χ3n) is 5.47. The van der Waals surface area contributed by atoms with E-state index in [2.05, 4.69) is 10.6 Å². The minimum absolute atomic E-state index is 0.179. The lowest BCUT2D eigenvalue weighted by molar-refractivity contribution is -0.146. The average molecular weight is 429 g/mol. The Morgan fingerprint density at radius 1 is 1.17 bits per heavy atom. The molecule has 1 fully saturated rings. The van der Waals surface area contributed by atoms with Crippen molar-refractivity contribution in [1.82, 2.24) is 15.5 Å². The first-order chi connectivity index (χ1) is 14.0. The molecule has 6 N–H and O–H groups in total. The Bertz CT molecular complexity index is 626. The van der Waals surface area contributed by atoms with Crippen molar-refractivity contribution >= 4 is 23.7 Å². The number of nitrogens with one attached hydrogen (secondary N) is 2. The molecule has 10 heteroatoms. The average Bonchev–Trinajstić information content (AvgIpc) is 3.17. The normalized spacial score (nSPS) is 20.4. The van der Waals surface area contributed by atoms with Crippen LogP contribution in [0.1, 0.15) is 53.4 Å². The SMILES string of the molecule is CCC(C)C(NC(=O)C(N)CC(C)C)C(=O)N1CCCC1C(=O)NC(CO)C(=O)O. The topological polar surface area (TPSA) is 162 Å². The lowest BCUT2D eigenvalue weighted by atomic mass is 9.96. The molecule has 0 aromatic heterocycles. The van der Waals surface area contributed by atoms with Gasteiger partial charge in [0.15, 0.2) is 0 Å². The molecule has 0 saturated carbocycles. The molecule has 0 aromatic carbocycles. The van der Waals surface area contributed by atoms with Crippen LogP contribution >= 0.6 is 0 Å². The molecular formula is C20H36N4O6. The van der Waals surface area contributed by atoms with Gasteiger partial charge in [-0.2, -0.15) is 0 Å². The van der Waals surface area contributed by atoms with Gasteiger partial charge in [-0.05, 0) is 31.1 Å². The van der Waals surface area contributed by atoms with E-state index in [1.54, 1.807) is 0 Å². The maximum atomic E-state index is 13.3. The fourth-order valence-electron chi connectivity index (χ4n) is 3.49. The molecule has 1 heterocycles. The largest absolute Gasteiger partial charge is 0.480 e. The molecule has 10 nitrogen and oxygen atoms in total. The number of nitrogens with two attached hydrogens (primary N) is 1. The number of carboxylic acid groups (broad SMARTS) is 1. The molecule has 0 aliphatic carbocycles. The zero-order valence-corrected chi connectivity index (χ0v) is 18.3. The van der Waals surface area contributed by atoms with E-state index in [0.29, 0.717) is 32.2 Å². The van der Waals surface area contributed by atoms with Crippen molar-refractivity contribution in [3.63, 3.8) is 0 Å². The van der Waals surface area contributed by atoms with Crippen molar-refractivity contribution < 1.29 is 29.4 Å². The van der Waals surface area contributed by atoms with Crippen molar-refractivity contribution in [2.45, 2.75) is 77.5 Å². The van der Waals surface area contributed by atoms with Gasteiger partial charge in [-0.3, -0.25) is 14.4 Å². The summed E-state index contributed by atoms with van der Waals surface area (Å²) in [6, 6.07) is -3.85. The van der Waals surface area contributed by atoms with Crippen LogP contribution in [0.2, 0.25) is 0 Å². The summed E-state index contributed by atoms with van der Waals surface area (Å²) >= 11 is 0. The summed E-state index contributed by atoms with van der Waals surface area (Å²) in [6.07, 6.45) is 2.07. The van der Waals surface area contributed by atoms with Gasteiger partial charge in [0.05, 0.1) is 12.6 Å². The molecule has 1 rings (SSSR count). The number of likely N-dealkylation sites (tertiary alicyclic amines) is 1. The van der Waals surface area contributed by atoms with Gasteiger partial charge in [-0.1, -0.05) is 34.1 Å². The van der Waals surface area contributed by atoms with Crippen molar-refractivity contribution in [3.05, 3.63) is 0 Å². The van der Waals surface area contributed by atoms with Crippen LogP contribution in [0.5, 0.6) is 0 Å². The first-order valence-electron chi connectivity index (χ1n) is 10.5. The molecule has 5 atom stereocenters. The summed E-state index contributed by atoms with van der Waals surface area (Å²) in [7, 11) is 0. The summed E-state index contributed by atoms with van der Waals surface area (Å²) in [5, 5.41) is 23.2.